The van der Waals surface area contributed by atoms with Crippen LogP contribution in [0.5, 0.6) is 0 Å². The summed E-state index contributed by atoms with van der Waals surface area (Å²) in [6.07, 6.45) is 0. The number of hydrogen-bond donors (Lipinski definition) is 0. The monoisotopic (exact) mass is 916 g/mol. The summed E-state index contributed by atoms with van der Waals surface area (Å²) >= 11 is 0. The van der Waals surface area contributed by atoms with E-state index in [9.17, 15) is 5.26 Å². The first kappa shape index (κ1) is 42.0. The smallest absolute Gasteiger partial charge is 0.194 e. The van der Waals surface area contributed by atoms with Gasteiger partial charge < -0.3 is 9.13 Å². The van der Waals surface area contributed by atoms with Crippen molar-refractivity contribution in [1.82, 2.24) is 19.1 Å². The maximum atomic E-state index is 10.1. The molecule has 0 aliphatic carbocycles. The molecule has 6 heteroatoms. The minimum Gasteiger partial charge on any atom is -0.309 e. The molecular weight excluding hydrogens is 877 g/mol. The van der Waals surface area contributed by atoms with E-state index in [0.717, 1.165) is 116 Å². The van der Waals surface area contributed by atoms with Crippen LogP contribution in [0.4, 0.5) is 5.69 Å². The highest BCUT2D eigenvalue weighted by molar-refractivity contribution is 6.13. The Kier molecular flexibility index (Phi) is 10.2. The first-order chi connectivity index (χ1) is 35.6. The highest BCUT2D eigenvalue weighted by atomic mass is 15.0. The van der Waals surface area contributed by atoms with Gasteiger partial charge in [-0.1, -0.05) is 176 Å². The van der Waals surface area contributed by atoms with Crippen molar-refractivity contribution in [2.45, 2.75) is 0 Å². The minimum atomic E-state index is 0.627. The molecule has 0 bridgehead atoms. The van der Waals surface area contributed by atoms with E-state index in [0.29, 0.717) is 17.1 Å². The van der Waals surface area contributed by atoms with Gasteiger partial charge in [-0.2, -0.15) is 5.26 Å². The Morgan fingerprint density at radius 2 is 0.847 bits per heavy atom. The Hall–Kier alpha value is -10.1. The van der Waals surface area contributed by atoms with Gasteiger partial charge in [-0.25, -0.2) is 14.8 Å². The van der Waals surface area contributed by atoms with E-state index in [1.54, 1.807) is 0 Å². The second kappa shape index (κ2) is 17.4. The molecule has 334 valence electrons. The molecular formula is C66H40N6. The fourth-order valence-corrected chi connectivity index (χ4v) is 10.5. The normalized spacial score (nSPS) is 11.3. The van der Waals surface area contributed by atoms with Crippen LogP contribution in [-0.4, -0.2) is 19.1 Å². The number of para-hydroxylation sites is 4. The van der Waals surface area contributed by atoms with Crippen molar-refractivity contribution in [2.24, 2.45) is 0 Å². The summed E-state index contributed by atoms with van der Waals surface area (Å²) in [7, 11) is 0. The molecule has 0 aliphatic rings. The molecule has 0 spiro atoms. The molecule has 0 N–H and O–H groups in total. The fourth-order valence-electron chi connectivity index (χ4n) is 10.5. The molecule has 72 heavy (non-hydrogen) atoms. The van der Waals surface area contributed by atoms with E-state index in [-0.39, 0.29) is 0 Å². The van der Waals surface area contributed by atoms with Crippen LogP contribution in [0.3, 0.4) is 0 Å². The minimum absolute atomic E-state index is 0.627. The number of hydrogen-bond acceptors (Lipinski definition) is 3. The largest absolute Gasteiger partial charge is 0.309 e. The van der Waals surface area contributed by atoms with Crippen molar-refractivity contribution in [3.05, 3.63) is 260 Å². The van der Waals surface area contributed by atoms with Crippen LogP contribution in [0.15, 0.2) is 243 Å². The summed E-state index contributed by atoms with van der Waals surface area (Å²) in [5.74, 6) is 0.651. The van der Waals surface area contributed by atoms with Crippen LogP contribution in [0.25, 0.3) is 127 Å². The molecule has 3 heterocycles. The van der Waals surface area contributed by atoms with Gasteiger partial charge in [0.05, 0.1) is 63.0 Å². The van der Waals surface area contributed by atoms with Gasteiger partial charge in [-0.05, 0) is 89.0 Å². The van der Waals surface area contributed by atoms with E-state index in [4.69, 9.17) is 16.5 Å². The van der Waals surface area contributed by atoms with Crippen molar-refractivity contribution >= 4 is 49.3 Å². The number of aromatic nitrogens is 4. The quantitative estimate of drug-likeness (QED) is 0.143. The topological polar surface area (TPSA) is 63.8 Å². The van der Waals surface area contributed by atoms with Crippen LogP contribution in [0, 0.1) is 17.9 Å². The average molecular weight is 917 g/mol. The Bertz CT molecular complexity index is 4300. The van der Waals surface area contributed by atoms with Crippen molar-refractivity contribution in [2.75, 3.05) is 0 Å². The SMILES string of the molecule is [C-]#[N+]c1ccccc1-c1ccc2c(c1)c1ccccc1n2-c1ccccc1-c1cc(-c2cc(-c3ccccc3)nc(-c3ccccc3)n2)ccc1-n1c2ccccc2c2cc(-c3ccccc3C#N)ccc21. The van der Waals surface area contributed by atoms with Crippen LogP contribution < -0.4 is 0 Å². The van der Waals surface area contributed by atoms with Crippen LogP contribution in [0.2, 0.25) is 0 Å². The molecule has 13 aromatic rings. The molecule has 0 atom stereocenters. The molecule has 0 radical (unpaired) electrons. The highest BCUT2D eigenvalue weighted by Gasteiger charge is 2.23. The van der Waals surface area contributed by atoms with Crippen molar-refractivity contribution < 1.29 is 0 Å². The molecule has 0 aliphatic heterocycles. The Morgan fingerprint density at radius 3 is 1.50 bits per heavy atom. The maximum absolute atomic E-state index is 10.1. The lowest BCUT2D eigenvalue weighted by Crippen LogP contribution is -2.02. The van der Waals surface area contributed by atoms with Gasteiger partial charge in [0.25, 0.3) is 0 Å². The van der Waals surface area contributed by atoms with Gasteiger partial charge in [-0.15, -0.1) is 0 Å². The van der Waals surface area contributed by atoms with Gasteiger partial charge in [-0.3, -0.25) is 0 Å². The van der Waals surface area contributed by atoms with Crippen molar-refractivity contribution in [3.63, 3.8) is 0 Å². The number of fused-ring (bicyclic) bond motifs is 6. The van der Waals surface area contributed by atoms with Gasteiger partial charge in [0.15, 0.2) is 11.5 Å². The number of nitriles is 1. The number of benzene rings is 10. The Balaban J connectivity index is 1.09. The predicted octanol–water partition coefficient (Wildman–Crippen LogP) is 17.1. The molecule has 3 aromatic heterocycles. The second-order valence-corrected chi connectivity index (χ2v) is 17.9. The third kappa shape index (κ3) is 7.02. The van der Waals surface area contributed by atoms with E-state index in [1.807, 2.05) is 84.9 Å². The third-order valence-electron chi connectivity index (χ3n) is 13.8. The maximum Gasteiger partial charge on any atom is 0.194 e. The average Bonchev–Trinajstić information content (AvgIpc) is 3.97. The van der Waals surface area contributed by atoms with E-state index in [2.05, 4.69) is 178 Å². The fraction of sp³-hybridized carbons (Fsp3) is 0. The van der Waals surface area contributed by atoms with Crippen LogP contribution in [-0.2, 0) is 0 Å². The lowest BCUT2D eigenvalue weighted by atomic mass is 9.96. The van der Waals surface area contributed by atoms with Crippen LogP contribution in [0.1, 0.15) is 5.56 Å². The zero-order valence-electron chi connectivity index (χ0n) is 38.8. The summed E-state index contributed by atoms with van der Waals surface area (Å²) < 4.78 is 4.77. The standard InChI is InChI=1S/C66H40N6/c1-68-57-28-14-10-24-50(57)46-33-36-63-55(39-46)52-26-11-15-29-60(52)71(63)61-30-16-13-27-53(61)56-40-47(59-41-58(43-18-4-2-5-19-43)69-66(70-59)44-20-6-3-7-21-44)34-37-65(56)72-62-31-17-12-25-51(62)54-38-45(32-35-64(54)72)49-23-9-8-22-48(49)42-67/h2-41H. The molecule has 0 unspecified atom stereocenters. The molecule has 10 aromatic carbocycles. The molecule has 13 rings (SSSR count). The Morgan fingerprint density at radius 1 is 0.361 bits per heavy atom. The third-order valence-corrected chi connectivity index (χ3v) is 13.8. The van der Waals surface area contributed by atoms with Crippen molar-refractivity contribution in [1.29, 1.82) is 5.26 Å². The summed E-state index contributed by atoms with van der Waals surface area (Å²) in [4.78, 5) is 14.3. The molecule has 0 saturated carbocycles. The summed E-state index contributed by atoms with van der Waals surface area (Å²) in [6.45, 7) is 7.94. The van der Waals surface area contributed by atoms with E-state index < -0.39 is 0 Å². The lowest BCUT2D eigenvalue weighted by Gasteiger charge is -2.20. The molecule has 0 fully saturated rings. The van der Waals surface area contributed by atoms with Gasteiger partial charge in [0.2, 0.25) is 0 Å². The van der Waals surface area contributed by atoms with E-state index in [1.165, 1.54) is 0 Å². The van der Waals surface area contributed by atoms with Gasteiger partial charge >= 0.3 is 0 Å². The second-order valence-electron chi connectivity index (χ2n) is 17.9. The molecule has 0 amide bonds. The van der Waals surface area contributed by atoms with Gasteiger partial charge in [0, 0.05) is 49.4 Å². The summed E-state index contributed by atoms with van der Waals surface area (Å²) in [6, 6.07) is 86.3. The highest BCUT2D eigenvalue weighted by Crippen LogP contribution is 2.44. The molecule has 6 nitrogen and oxygen atoms in total. The predicted molar refractivity (Wildman–Crippen MR) is 294 cm³/mol. The number of nitrogens with zero attached hydrogens (tertiary/aromatic N) is 6. The van der Waals surface area contributed by atoms with Crippen LogP contribution >= 0.6 is 0 Å². The van der Waals surface area contributed by atoms with Gasteiger partial charge in [0.1, 0.15) is 0 Å². The molecule has 0 saturated heterocycles. The van der Waals surface area contributed by atoms with Crippen molar-refractivity contribution in [3.8, 4) is 84.7 Å². The number of rotatable bonds is 8. The first-order valence-electron chi connectivity index (χ1n) is 23.9. The zero-order valence-corrected chi connectivity index (χ0v) is 38.8. The Labute approximate surface area is 416 Å². The first-order valence-corrected chi connectivity index (χ1v) is 23.9. The zero-order chi connectivity index (χ0) is 48.1. The lowest BCUT2D eigenvalue weighted by molar-refractivity contribution is 1.16. The summed E-state index contributed by atoms with van der Waals surface area (Å²) in [5.41, 5.74) is 17.9. The van der Waals surface area contributed by atoms with E-state index >= 15 is 0 Å². The summed E-state index contributed by atoms with van der Waals surface area (Å²) in [5, 5.41) is 14.5.